The van der Waals surface area contributed by atoms with Gasteiger partial charge in [0.2, 0.25) is 0 Å². The van der Waals surface area contributed by atoms with Gasteiger partial charge in [0.15, 0.2) is 0 Å². The first-order valence-corrected chi connectivity index (χ1v) is 9.97. The number of fused-ring (bicyclic) bond motifs is 1. The minimum absolute atomic E-state index is 0.477. The number of methoxy groups -OCH3 is 2. The topological polar surface area (TPSA) is 70.3 Å². The maximum Gasteiger partial charge on any atom is 0.137 e. The lowest BCUT2D eigenvalue weighted by Crippen LogP contribution is -2.02. The fourth-order valence-corrected chi connectivity index (χ4v) is 3.85. The lowest BCUT2D eigenvalue weighted by Gasteiger charge is -2.13. The number of ether oxygens (including phenoxy) is 2. The smallest absolute Gasteiger partial charge is 0.137 e. The molecular weight excluding hydrogens is 421 g/mol. The van der Waals surface area contributed by atoms with E-state index < -0.39 is 0 Å². The average Bonchev–Trinajstić information content (AvgIpc) is 2.76. The van der Waals surface area contributed by atoms with Gasteiger partial charge in [-0.15, -0.1) is 5.10 Å². The van der Waals surface area contributed by atoms with E-state index in [1.165, 1.54) is 0 Å². The van der Waals surface area contributed by atoms with Crippen molar-refractivity contribution in [2.45, 2.75) is 6.42 Å². The Hall–Kier alpha value is -3.02. The number of aromatic nitrogens is 2. The number of anilines is 1. The van der Waals surface area contributed by atoms with Gasteiger partial charge in [-0.05, 0) is 48.0 Å². The highest BCUT2D eigenvalue weighted by Gasteiger charge is 2.16. The summed E-state index contributed by atoms with van der Waals surface area (Å²) in [6, 6.07) is 17.0. The molecule has 0 aliphatic carbocycles. The molecule has 0 fully saturated rings. The molecule has 0 unspecified atom stereocenters. The van der Waals surface area contributed by atoms with Gasteiger partial charge in [0.25, 0.3) is 0 Å². The number of hydrogen-bond acceptors (Lipinski definition) is 5. The molecule has 1 aromatic heterocycles. The molecule has 0 amide bonds. The Balaban J connectivity index is 1.85. The van der Waals surface area contributed by atoms with Crippen LogP contribution in [0.25, 0.3) is 22.0 Å². The first-order chi connectivity index (χ1) is 14.5. The molecule has 0 aliphatic heterocycles. The van der Waals surface area contributed by atoms with E-state index in [9.17, 15) is 0 Å². The van der Waals surface area contributed by atoms with Crippen LogP contribution >= 0.6 is 23.2 Å². The summed E-state index contributed by atoms with van der Waals surface area (Å²) >= 11 is 12.6. The van der Waals surface area contributed by atoms with E-state index in [0.717, 1.165) is 39.0 Å². The van der Waals surface area contributed by atoms with Gasteiger partial charge >= 0.3 is 0 Å². The average molecular weight is 440 g/mol. The third-order valence-corrected chi connectivity index (χ3v) is 5.58. The summed E-state index contributed by atoms with van der Waals surface area (Å²) in [6.07, 6.45) is 0.501. The Bertz CT molecular complexity index is 1230. The van der Waals surface area contributed by atoms with E-state index in [-0.39, 0.29) is 0 Å². The lowest BCUT2D eigenvalue weighted by atomic mass is 9.99. The van der Waals surface area contributed by atoms with Crippen molar-refractivity contribution in [1.29, 1.82) is 0 Å². The Morgan fingerprint density at radius 1 is 0.867 bits per heavy atom. The summed E-state index contributed by atoms with van der Waals surface area (Å²) in [6.45, 7) is 0. The van der Waals surface area contributed by atoms with Crippen molar-refractivity contribution in [3.05, 3.63) is 75.9 Å². The van der Waals surface area contributed by atoms with Gasteiger partial charge in [-0.1, -0.05) is 35.3 Å². The molecule has 7 heteroatoms. The summed E-state index contributed by atoms with van der Waals surface area (Å²) in [5.41, 5.74) is 10.2. The van der Waals surface area contributed by atoms with Gasteiger partial charge in [-0.25, -0.2) is 0 Å². The molecule has 4 aromatic rings. The van der Waals surface area contributed by atoms with Crippen LogP contribution in [0, 0.1) is 0 Å². The Labute approximate surface area is 184 Å². The van der Waals surface area contributed by atoms with Crippen LogP contribution < -0.4 is 15.2 Å². The molecule has 0 spiro atoms. The van der Waals surface area contributed by atoms with E-state index >= 15 is 0 Å². The summed E-state index contributed by atoms with van der Waals surface area (Å²) < 4.78 is 10.5. The Morgan fingerprint density at radius 2 is 1.63 bits per heavy atom. The highest BCUT2D eigenvalue weighted by molar-refractivity contribution is 6.35. The third-order valence-electron chi connectivity index (χ3n) is 4.96. The third kappa shape index (κ3) is 3.74. The fraction of sp³-hybridized carbons (Fsp3) is 0.130. The molecular formula is C23H19Cl2N3O2. The van der Waals surface area contributed by atoms with E-state index in [1.54, 1.807) is 20.3 Å². The number of rotatable bonds is 5. The Morgan fingerprint density at radius 3 is 2.30 bits per heavy atom. The molecule has 4 rings (SSSR count). The van der Waals surface area contributed by atoms with Gasteiger partial charge in [0.05, 0.1) is 35.6 Å². The molecule has 0 saturated carbocycles. The van der Waals surface area contributed by atoms with Gasteiger partial charge in [-0.2, -0.15) is 5.10 Å². The van der Waals surface area contributed by atoms with Crippen molar-refractivity contribution in [3.63, 3.8) is 0 Å². The van der Waals surface area contributed by atoms with Crippen molar-refractivity contribution in [2.75, 3.05) is 20.0 Å². The molecule has 30 heavy (non-hydrogen) atoms. The summed E-state index contributed by atoms with van der Waals surface area (Å²) in [7, 11) is 3.22. The predicted octanol–water partition coefficient (Wildman–Crippen LogP) is 5.79. The van der Waals surface area contributed by atoms with Crippen molar-refractivity contribution in [2.24, 2.45) is 0 Å². The van der Waals surface area contributed by atoms with E-state index in [4.69, 9.17) is 38.4 Å². The molecule has 0 atom stereocenters. The van der Waals surface area contributed by atoms with Gasteiger partial charge in [0, 0.05) is 22.8 Å². The molecule has 0 bridgehead atoms. The minimum Gasteiger partial charge on any atom is -0.497 e. The first-order valence-electron chi connectivity index (χ1n) is 9.22. The molecule has 2 N–H and O–H groups in total. The van der Waals surface area contributed by atoms with Crippen LogP contribution in [0.3, 0.4) is 0 Å². The normalized spacial score (nSPS) is 10.9. The van der Waals surface area contributed by atoms with Crippen LogP contribution in [-0.2, 0) is 6.42 Å². The SMILES string of the molecule is COc1ccc(-c2nnc(Cc3ccc(OC)c(Cl)c3)c3c(N)c(Cl)ccc23)cc1. The van der Waals surface area contributed by atoms with Crippen LogP contribution in [0.4, 0.5) is 5.69 Å². The molecule has 3 aromatic carbocycles. The van der Waals surface area contributed by atoms with Crippen LogP contribution in [0.1, 0.15) is 11.3 Å². The van der Waals surface area contributed by atoms with Crippen molar-refractivity contribution in [3.8, 4) is 22.8 Å². The van der Waals surface area contributed by atoms with E-state index in [1.807, 2.05) is 48.5 Å². The van der Waals surface area contributed by atoms with Crippen molar-refractivity contribution >= 4 is 39.7 Å². The van der Waals surface area contributed by atoms with Gasteiger partial charge in [0.1, 0.15) is 17.2 Å². The maximum absolute atomic E-state index is 6.38. The lowest BCUT2D eigenvalue weighted by molar-refractivity contribution is 0.415. The number of benzene rings is 3. The number of nitrogens with two attached hydrogens (primary N) is 1. The second-order valence-corrected chi connectivity index (χ2v) is 7.57. The van der Waals surface area contributed by atoms with Crippen LogP contribution in [0.2, 0.25) is 10.0 Å². The standard InChI is InChI=1S/C23H19Cl2N3O2/c1-29-15-6-4-14(5-7-15)23-16-8-9-17(24)22(26)21(16)19(27-28-23)12-13-3-10-20(30-2)18(25)11-13/h3-11H,12,26H2,1-2H3. The maximum atomic E-state index is 6.38. The Kier molecular flexibility index (Phi) is 5.66. The molecule has 0 radical (unpaired) electrons. The highest BCUT2D eigenvalue weighted by Crippen LogP contribution is 2.36. The molecule has 0 saturated heterocycles. The van der Waals surface area contributed by atoms with Crippen LogP contribution in [0.5, 0.6) is 11.5 Å². The first kappa shape index (κ1) is 20.3. The molecule has 0 aliphatic rings. The van der Waals surface area contributed by atoms with E-state index in [2.05, 4.69) is 10.2 Å². The highest BCUT2D eigenvalue weighted by atomic mass is 35.5. The summed E-state index contributed by atoms with van der Waals surface area (Å²) in [4.78, 5) is 0. The van der Waals surface area contributed by atoms with E-state index in [0.29, 0.717) is 27.9 Å². The monoisotopic (exact) mass is 439 g/mol. The molecule has 152 valence electrons. The number of nitrogen functional groups attached to an aromatic ring is 1. The van der Waals surface area contributed by atoms with Gasteiger partial charge < -0.3 is 15.2 Å². The second-order valence-electron chi connectivity index (χ2n) is 6.75. The summed E-state index contributed by atoms with van der Waals surface area (Å²) in [5.74, 6) is 1.39. The number of halogens is 2. The fourth-order valence-electron chi connectivity index (χ4n) is 3.42. The van der Waals surface area contributed by atoms with Gasteiger partial charge in [-0.3, -0.25) is 0 Å². The van der Waals surface area contributed by atoms with Crippen molar-refractivity contribution < 1.29 is 9.47 Å². The van der Waals surface area contributed by atoms with Crippen LogP contribution in [0.15, 0.2) is 54.6 Å². The minimum atomic E-state index is 0.477. The number of nitrogens with zero attached hydrogens (tertiary/aromatic N) is 2. The largest absolute Gasteiger partial charge is 0.497 e. The zero-order valence-corrected chi connectivity index (χ0v) is 18.0. The second kappa shape index (κ2) is 8.38. The zero-order valence-electron chi connectivity index (χ0n) is 16.4. The zero-order chi connectivity index (χ0) is 21.3. The predicted molar refractivity (Wildman–Crippen MR) is 122 cm³/mol. The molecule has 5 nitrogen and oxygen atoms in total. The van der Waals surface area contributed by atoms with Crippen molar-refractivity contribution in [1.82, 2.24) is 10.2 Å². The molecule has 1 heterocycles. The van der Waals surface area contributed by atoms with Crippen LogP contribution in [-0.4, -0.2) is 24.4 Å². The quantitative estimate of drug-likeness (QED) is 0.398. The summed E-state index contributed by atoms with van der Waals surface area (Å²) in [5, 5.41) is 11.7. The number of hydrogen-bond donors (Lipinski definition) is 1.